The van der Waals surface area contributed by atoms with E-state index in [0.717, 1.165) is 37.8 Å². The van der Waals surface area contributed by atoms with Crippen LogP contribution in [0.3, 0.4) is 0 Å². The topological polar surface area (TPSA) is 55.1 Å². The first-order valence-electron chi connectivity index (χ1n) is 5.03. The Kier molecular flexibility index (Phi) is 2.36. The number of rotatable bonds is 2. The molecule has 2 aliphatic rings. The van der Waals surface area contributed by atoms with Gasteiger partial charge >= 0.3 is 0 Å². The first kappa shape index (κ1) is 8.75. The van der Waals surface area contributed by atoms with Crippen LogP contribution in [0.2, 0.25) is 0 Å². The Labute approximate surface area is 78.4 Å². The van der Waals surface area contributed by atoms with Crippen LogP contribution in [0.4, 0.5) is 0 Å². The molecule has 0 radical (unpaired) electrons. The zero-order chi connectivity index (χ0) is 9.26. The predicted octanol–water partition coefficient (Wildman–Crippen LogP) is 0.562. The maximum Gasteiger partial charge on any atom is 0.164 e. The molecule has 0 spiro atoms. The van der Waals surface area contributed by atoms with Crippen molar-refractivity contribution >= 4 is 5.78 Å². The van der Waals surface area contributed by atoms with Crippen LogP contribution in [0.25, 0.3) is 0 Å². The predicted molar refractivity (Wildman–Crippen MR) is 51.0 cm³/mol. The number of allylic oxidation sites excluding steroid dienone is 2. The number of ketones is 1. The van der Waals surface area contributed by atoms with Gasteiger partial charge in [-0.2, -0.15) is 0 Å². The quantitative estimate of drug-likeness (QED) is 0.653. The zero-order valence-corrected chi connectivity index (χ0v) is 7.81. The van der Waals surface area contributed by atoms with Gasteiger partial charge in [-0.1, -0.05) is 0 Å². The minimum atomic E-state index is 0.181. The molecule has 72 valence electrons. The molecule has 0 aromatic heterocycles. The van der Waals surface area contributed by atoms with Crippen molar-refractivity contribution in [3.8, 4) is 0 Å². The van der Waals surface area contributed by atoms with Crippen LogP contribution in [0.5, 0.6) is 0 Å². The lowest BCUT2D eigenvalue weighted by molar-refractivity contribution is -0.118. The number of nitrogens with two attached hydrogens (primary N) is 1. The standard InChI is InChI=1S/C10H16N2O/c11-4-3-7-6-9-8(10(7)13)2-1-5-12-9/h7,12H,1-6,11H2. The van der Waals surface area contributed by atoms with E-state index in [1.54, 1.807) is 0 Å². The molecule has 3 nitrogen and oxygen atoms in total. The van der Waals surface area contributed by atoms with Crippen LogP contribution < -0.4 is 11.1 Å². The van der Waals surface area contributed by atoms with Gasteiger partial charge in [-0.25, -0.2) is 0 Å². The van der Waals surface area contributed by atoms with E-state index in [9.17, 15) is 4.79 Å². The first-order chi connectivity index (χ1) is 6.33. The molecule has 3 N–H and O–H groups in total. The minimum absolute atomic E-state index is 0.181. The third kappa shape index (κ3) is 1.48. The number of carbonyl (C=O) groups excluding carboxylic acids is 1. The summed E-state index contributed by atoms with van der Waals surface area (Å²) in [6.45, 7) is 1.65. The van der Waals surface area contributed by atoms with Crippen LogP contribution in [-0.4, -0.2) is 18.9 Å². The summed E-state index contributed by atoms with van der Waals surface area (Å²) in [4.78, 5) is 11.8. The highest BCUT2D eigenvalue weighted by molar-refractivity contribution is 6.00. The summed E-state index contributed by atoms with van der Waals surface area (Å²) in [5.41, 5.74) is 7.73. The van der Waals surface area contributed by atoms with Gasteiger partial charge in [0.25, 0.3) is 0 Å². The van der Waals surface area contributed by atoms with Gasteiger partial charge < -0.3 is 11.1 Å². The number of hydrogen-bond acceptors (Lipinski definition) is 3. The molecule has 1 heterocycles. The SMILES string of the molecule is NCCC1CC2=C(CCCN2)C1=O. The number of carbonyl (C=O) groups is 1. The lowest BCUT2D eigenvalue weighted by atomic mass is 9.98. The van der Waals surface area contributed by atoms with Crippen LogP contribution in [0.15, 0.2) is 11.3 Å². The molecular formula is C10H16N2O. The average molecular weight is 180 g/mol. The summed E-state index contributed by atoms with van der Waals surface area (Å²) < 4.78 is 0. The summed E-state index contributed by atoms with van der Waals surface area (Å²) in [6.07, 6.45) is 3.82. The average Bonchev–Trinajstić information content (AvgIpc) is 2.46. The summed E-state index contributed by atoms with van der Waals surface area (Å²) in [7, 11) is 0. The molecule has 1 aliphatic carbocycles. The Hall–Kier alpha value is -0.830. The normalized spacial score (nSPS) is 27.5. The van der Waals surface area contributed by atoms with E-state index in [-0.39, 0.29) is 5.92 Å². The summed E-state index contributed by atoms with van der Waals surface area (Å²) in [5, 5.41) is 3.32. The summed E-state index contributed by atoms with van der Waals surface area (Å²) in [6, 6.07) is 0. The van der Waals surface area contributed by atoms with E-state index in [1.165, 1.54) is 5.70 Å². The van der Waals surface area contributed by atoms with E-state index >= 15 is 0 Å². The minimum Gasteiger partial charge on any atom is -0.388 e. The van der Waals surface area contributed by atoms with E-state index in [4.69, 9.17) is 5.73 Å². The van der Waals surface area contributed by atoms with Crippen molar-refractivity contribution in [3.05, 3.63) is 11.3 Å². The first-order valence-corrected chi connectivity index (χ1v) is 5.03. The van der Waals surface area contributed by atoms with Gasteiger partial charge in [0.05, 0.1) is 0 Å². The Morgan fingerprint density at radius 1 is 1.54 bits per heavy atom. The van der Waals surface area contributed by atoms with Crippen LogP contribution in [-0.2, 0) is 4.79 Å². The summed E-state index contributed by atoms with van der Waals surface area (Å²) in [5.74, 6) is 0.535. The molecule has 0 bridgehead atoms. The van der Waals surface area contributed by atoms with Crippen molar-refractivity contribution in [3.63, 3.8) is 0 Å². The number of hydrogen-bond donors (Lipinski definition) is 2. The van der Waals surface area contributed by atoms with Crippen LogP contribution >= 0.6 is 0 Å². The van der Waals surface area contributed by atoms with Gasteiger partial charge in [-0.3, -0.25) is 4.79 Å². The molecule has 3 heteroatoms. The molecule has 0 saturated carbocycles. The Balaban J connectivity index is 2.10. The zero-order valence-electron chi connectivity index (χ0n) is 7.81. The van der Waals surface area contributed by atoms with Gasteiger partial charge in [-0.05, 0) is 32.2 Å². The van der Waals surface area contributed by atoms with Crippen molar-refractivity contribution in [2.45, 2.75) is 25.7 Å². The summed E-state index contributed by atoms with van der Waals surface area (Å²) >= 11 is 0. The van der Waals surface area contributed by atoms with Gasteiger partial charge in [0, 0.05) is 23.7 Å². The smallest absolute Gasteiger partial charge is 0.164 e. The fourth-order valence-corrected chi connectivity index (χ4v) is 2.25. The molecule has 2 rings (SSSR count). The Morgan fingerprint density at radius 3 is 3.08 bits per heavy atom. The van der Waals surface area contributed by atoms with E-state index in [1.807, 2.05) is 0 Å². The van der Waals surface area contributed by atoms with Crippen molar-refractivity contribution in [1.82, 2.24) is 5.32 Å². The Bertz CT molecular complexity index is 258. The van der Waals surface area contributed by atoms with E-state index in [0.29, 0.717) is 12.3 Å². The van der Waals surface area contributed by atoms with E-state index in [2.05, 4.69) is 5.32 Å². The Morgan fingerprint density at radius 2 is 2.38 bits per heavy atom. The van der Waals surface area contributed by atoms with Crippen molar-refractivity contribution in [1.29, 1.82) is 0 Å². The van der Waals surface area contributed by atoms with E-state index < -0.39 is 0 Å². The molecular weight excluding hydrogens is 164 g/mol. The molecule has 0 amide bonds. The van der Waals surface area contributed by atoms with Crippen molar-refractivity contribution < 1.29 is 4.79 Å². The van der Waals surface area contributed by atoms with Crippen LogP contribution in [0, 0.1) is 5.92 Å². The molecule has 0 fully saturated rings. The highest BCUT2D eigenvalue weighted by atomic mass is 16.1. The van der Waals surface area contributed by atoms with Gasteiger partial charge in [0.15, 0.2) is 5.78 Å². The van der Waals surface area contributed by atoms with Crippen LogP contribution in [0.1, 0.15) is 25.7 Å². The van der Waals surface area contributed by atoms with Gasteiger partial charge in [0.2, 0.25) is 0 Å². The third-order valence-electron chi connectivity index (χ3n) is 2.94. The fraction of sp³-hybridized carbons (Fsp3) is 0.700. The number of nitrogens with one attached hydrogen (secondary N) is 1. The highest BCUT2D eigenvalue weighted by Crippen LogP contribution is 2.33. The maximum absolute atomic E-state index is 11.8. The maximum atomic E-state index is 11.8. The second kappa shape index (κ2) is 3.50. The fourth-order valence-electron chi connectivity index (χ4n) is 2.25. The molecule has 0 aromatic carbocycles. The largest absolute Gasteiger partial charge is 0.388 e. The molecule has 13 heavy (non-hydrogen) atoms. The monoisotopic (exact) mass is 180 g/mol. The third-order valence-corrected chi connectivity index (χ3v) is 2.94. The second-order valence-electron chi connectivity index (χ2n) is 3.83. The lowest BCUT2D eigenvalue weighted by Crippen LogP contribution is -2.20. The molecule has 0 aromatic rings. The molecule has 1 atom stereocenters. The van der Waals surface area contributed by atoms with Crippen molar-refractivity contribution in [2.75, 3.05) is 13.1 Å². The molecule has 1 unspecified atom stereocenters. The highest BCUT2D eigenvalue weighted by Gasteiger charge is 2.33. The second-order valence-corrected chi connectivity index (χ2v) is 3.83. The molecule has 0 saturated heterocycles. The van der Waals surface area contributed by atoms with Gasteiger partial charge in [-0.15, -0.1) is 0 Å². The van der Waals surface area contributed by atoms with Crippen molar-refractivity contribution in [2.24, 2.45) is 11.7 Å². The number of Topliss-reactive ketones (excluding diaryl/α,β-unsaturated/α-hetero) is 1. The molecule has 1 aliphatic heterocycles. The van der Waals surface area contributed by atoms with Gasteiger partial charge in [0.1, 0.15) is 0 Å². The lowest BCUT2D eigenvalue weighted by Gasteiger charge is -2.14.